The largest absolute Gasteiger partial charge is 0.390 e. The van der Waals surface area contributed by atoms with Crippen LogP contribution in [0.15, 0.2) is 0 Å². The van der Waals surface area contributed by atoms with Crippen LogP contribution in [-0.4, -0.2) is 10.7 Å². The molecule has 1 nitrogen and oxygen atoms in total. The fourth-order valence-corrected chi connectivity index (χ4v) is 4.18. The molecule has 1 heteroatoms. The molecule has 0 radical (unpaired) electrons. The molecule has 0 aromatic heterocycles. The maximum absolute atomic E-state index is 10.5. The van der Waals surface area contributed by atoms with Crippen molar-refractivity contribution in [3.8, 4) is 0 Å². The monoisotopic (exact) mass is 168 g/mol. The lowest BCUT2D eigenvalue weighted by Crippen LogP contribution is -2.34. The fraction of sp³-hybridized carbons (Fsp3) is 1.00. The Balaban J connectivity index is 2.11. The van der Waals surface area contributed by atoms with E-state index in [-0.39, 0.29) is 17.3 Å². The lowest BCUT2D eigenvalue weighted by Gasteiger charge is -2.30. The first-order valence-corrected chi connectivity index (χ1v) is 5.00. The predicted molar refractivity (Wildman–Crippen MR) is 47.7 cm³/mol. The van der Waals surface area contributed by atoms with Gasteiger partial charge in [0.1, 0.15) is 0 Å². The molecular weight excluding hydrogens is 148 g/mol. The van der Waals surface area contributed by atoms with E-state index in [2.05, 4.69) is 13.8 Å². The second-order valence-electron chi connectivity index (χ2n) is 5.53. The third-order valence-corrected chi connectivity index (χ3v) is 4.64. The molecule has 4 atom stereocenters. The molecule has 0 amide bonds. The Labute approximate surface area is 77.0 Å². The first-order valence-electron chi connectivity index (χ1n) is 6.00. The SMILES string of the molecule is [2H]C1([2H])C[C@]2(O)C[C@@H]3C[C@@H]1[C@H]2C3(C)C. The Morgan fingerprint density at radius 1 is 1.50 bits per heavy atom. The van der Waals surface area contributed by atoms with Crippen molar-refractivity contribution in [3.05, 3.63) is 0 Å². The maximum Gasteiger partial charge on any atom is 0.0686 e. The van der Waals surface area contributed by atoms with Crippen molar-refractivity contribution in [1.29, 1.82) is 0 Å². The van der Waals surface area contributed by atoms with Gasteiger partial charge in [0.2, 0.25) is 0 Å². The van der Waals surface area contributed by atoms with Gasteiger partial charge < -0.3 is 5.11 Å². The summed E-state index contributed by atoms with van der Waals surface area (Å²) in [5.41, 5.74) is -0.524. The van der Waals surface area contributed by atoms with E-state index < -0.39 is 12.0 Å². The van der Waals surface area contributed by atoms with Gasteiger partial charge in [-0.15, -0.1) is 0 Å². The molecule has 0 aliphatic heterocycles. The van der Waals surface area contributed by atoms with Crippen molar-refractivity contribution in [1.82, 2.24) is 0 Å². The quantitative estimate of drug-likeness (QED) is 0.588. The highest BCUT2D eigenvalue weighted by Crippen LogP contribution is 2.69. The standard InChI is InChI=1S/C11H18O/c1-10(2)8-5-7-3-4-11(12,6-8)9(7)10/h7-9,12H,3-6H2,1-2H3/t7-,8+,9+,11+/m1/s1/i3D2. The van der Waals surface area contributed by atoms with Crippen LogP contribution >= 0.6 is 0 Å². The van der Waals surface area contributed by atoms with Crippen LogP contribution in [0, 0.1) is 23.2 Å². The molecule has 0 heterocycles. The van der Waals surface area contributed by atoms with Crippen molar-refractivity contribution in [2.24, 2.45) is 23.2 Å². The van der Waals surface area contributed by atoms with Crippen LogP contribution in [0.3, 0.4) is 0 Å². The normalized spacial score (nSPS) is 66.4. The van der Waals surface area contributed by atoms with Gasteiger partial charge in [0.15, 0.2) is 0 Å². The number of aliphatic hydroxyl groups is 1. The fourth-order valence-electron chi connectivity index (χ4n) is 4.18. The molecule has 3 aliphatic carbocycles. The zero-order valence-corrected chi connectivity index (χ0v) is 7.80. The lowest BCUT2D eigenvalue weighted by molar-refractivity contribution is -0.0106. The maximum atomic E-state index is 10.5. The molecule has 0 aromatic carbocycles. The summed E-state index contributed by atoms with van der Waals surface area (Å²) < 4.78 is 16.0. The number of rotatable bonds is 0. The third-order valence-electron chi connectivity index (χ3n) is 4.64. The van der Waals surface area contributed by atoms with Crippen molar-refractivity contribution >= 4 is 0 Å². The second-order valence-corrected chi connectivity index (χ2v) is 5.53. The molecule has 3 aliphatic rings. The molecule has 0 saturated heterocycles. The van der Waals surface area contributed by atoms with E-state index >= 15 is 0 Å². The molecule has 2 bridgehead atoms. The van der Waals surface area contributed by atoms with E-state index in [0.29, 0.717) is 12.3 Å². The van der Waals surface area contributed by atoms with Gasteiger partial charge in [-0.05, 0) is 48.8 Å². The van der Waals surface area contributed by atoms with Crippen molar-refractivity contribution < 1.29 is 7.85 Å². The summed E-state index contributed by atoms with van der Waals surface area (Å²) in [4.78, 5) is 0. The van der Waals surface area contributed by atoms with Crippen molar-refractivity contribution in [2.75, 3.05) is 0 Å². The lowest BCUT2D eigenvalue weighted by atomic mass is 9.78. The van der Waals surface area contributed by atoms with E-state index in [4.69, 9.17) is 2.74 Å². The Bertz CT molecular complexity index is 300. The van der Waals surface area contributed by atoms with Gasteiger partial charge in [0, 0.05) is 2.74 Å². The molecule has 0 aromatic rings. The van der Waals surface area contributed by atoms with Gasteiger partial charge in [-0.3, -0.25) is 0 Å². The summed E-state index contributed by atoms with van der Waals surface area (Å²) in [5, 5.41) is 10.5. The molecule has 3 saturated carbocycles. The minimum atomic E-state index is -1.12. The molecule has 3 fully saturated rings. The zero-order chi connectivity index (χ0) is 10.4. The minimum Gasteiger partial charge on any atom is -0.390 e. The summed E-state index contributed by atoms with van der Waals surface area (Å²) in [6.45, 7) is 4.42. The molecule has 12 heavy (non-hydrogen) atoms. The van der Waals surface area contributed by atoms with Crippen LogP contribution in [0.5, 0.6) is 0 Å². The van der Waals surface area contributed by atoms with Gasteiger partial charge in [-0.1, -0.05) is 13.8 Å². The first kappa shape index (κ1) is 5.64. The second kappa shape index (κ2) is 1.75. The molecule has 68 valence electrons. The van der Waals surface area contributed by atoms with Crippen LogP contribution in [0.1, 0.15) is 42.2 Å². The van der Waals surface area contributed by atoms with Gasteiger partial charge in [0.25, 0.3) is 0 Å². The van der Waals surface area contributed by atoms with Crippen LogP contribution in [0.25, 0.3) is 0 Å². The zero-order valence-electron chi connectivity index (χ0n) is 9.80. The number of hydrogen-bond donors (Lipinski definition) is 1. The molecule has 1 N–H and O–H groups in total. The average Bonchev–Trinajstić information content (AvgIpc) is 2.36. The summed E-state index contributed by atoms with van der Waals surface area (Å²) in [6, 6.07) is 0. The Hall–Kier alpha value is -0.0400. The highest BCUT2D eigenvalue weighted by Gasteiger charge is 2.67. The molecule has 0 unspecified atom stereocenters. The Morgan fingerprint density at radius 3 is 2.75 bits per heavy atom. The molecular formula is C11H18O. The average molecular weight is 168 g/mol. The number of hydrogen-bond acceptors (Lipinski definition) is 1. The van der Waals surface area contributed by atoms with Crippen LogP contribution in [0.2, 0.25) is 0 Å². The highest BCUT2D eigenvalue weighted by atomic mass is 16.3. The van der Waals surface area contributed by atoms with Gasteiger partial charge >= 0.3 is 0 Å². The third kappa shape index (κ3) is 0.585. The van der Waals surface area contributed by atoms with E-state index in [1.165, 1.54) is 0 Å². The molecule has 0 spiro atoms. The van der Waals surface area contributed by atoms with E-state index in [1.807, 2.05) is 0 Å². The van der Waals surface area contributed by atoms with E-state index in [1.54, 1.807) is 0 Å². The first-order chi connectivity index (χ1) is 6.27. The van der Waals surface area contributed by atoms with Crippen LogP contribution in [-0.2, 0) is 0 Å². The Morgan fingerprint density at radius 2 is 2.25 bits per heavy atom. The van der Waals surface area contributed by atoms with E-state index in [9.17, 15) is 5.11 Å². The van der Waals surface area contributed by atoms with Gasteiger partial charge in [-0.2, -0.15) is 0 Å². The summed E-state index contributed by atoms with van der Waals surface area (Å²) in [6.07, 6.45) is 1.07. The summed E-state index contributed by atoms with van der Waals surface area (Å²) in [7, 11) is 0. The van der Waals surface area contributed by atoms with Crippen molar-refractivity contribution in [2.45, 2.75) is 45.1 Å². The topological polar surface area (TPSA) is 20.2 Å². The predicted octanol–water partition coefficient (Wildman–Crippen LogP) is 2.19. The minimum absolute atomic E-state index is 0.112. The highest BCUT2D eigenvalue weighted by molar-refractivity contribution is 5.17. The van der Waals surface area contributed by atoms with Gasteiger partial charge in [0.05, 0.1) is 5.60 Å². The van der Waals surface area contributed by atoms with E-state index in [0.717, 1.165) is 12.8 Å². The summed E-state index contributed by atoms with van der Waals surface area (Å²) >= 11 is 0. The summed E-state index contributed by atoms with van der Waals surface area (Å²) in [5.74, 6) is 0.858. The van der Waals surface area contributed by atoms with Crippen LogP contribution in [0.4, 0.5) is 0 Å². The molecule has 3 rings (SSSR count). The number of fused-ring (bicyclic) bond motifs is 1. The van der Waals surface area contributed by atoms with Crippen molar-refractivity contribution in [3.63, 3.8) is 0 Å². The van der Waals surface area contributed by atoms with Gasteiger partial charge in [-0.25, -0.2) is 0 Å². The Kier molecular flexibility index (Phi) is 0.820. The van der Waals surface area contributed by atoms with Crippen LogP contribution < -0.4 is 0 Å². The smallest absolute Gasteiger partial charge is 0.0686 e.